The topological polar surface area (TPSA) is 38.3 Å². The van der Waals surface area contributed by atoms with Gasteiger partial charge in [0.2, 0.25) is 0 Å². The van der Waals surface area contributed by atoms with Gasteiger partial charge in [-0.2, -0.15) is 0 Å². The molecule has 0 spiro atoms. The number of nitrogens with one attached hydrogen (secondary N) is 1. The van der Waals surface area contributed by atoms with E-state index in [0.717, 1.165) is 23.2 Å². The monoisotopic (exact) mass is 235 g/mol. The minimum Gasteiger partial charge on any atom is -0.369 e. The predicted octanol–water partition coefficient (Wildman–Crippen LogP) is 2.92. The van der Waals surface area contributed by atoms with Gasteiger partial charge >= 0.3 is 0 Å². The highest BCUT2D eigenvalue weighted by Crippen LogP contribution is 2.22. The first-order valence-electron chi connectivity index (χ1n) is 5.87. The van der Waals surface area contributed by atoms with Crippen LogP contribution in [0, 0.1) is 6.92 Å². The lowest BCUT2D eigenvalue weighted by Gasteiger charge is -2.23. The van der Waals surface area contributed by atoms with Crippen LogP contribution in [-0.2, 0) is 16.0 Å². The highest BCUT2D eigenvalue weighted by atomic mass is 16.5. The normalized spacial score (nSPS) is 11.4. The van der Waals surface area contributed by atoms with Crippen LogP contribution in [0.15, 0.2) is 18.2 Å². The van der Waals surface area contributed by atoms with Gasteiger partial charge in [-0.1, -0.05) is 25.1 Å². The number of benzene rings is 1. The molecule has 0 bridgehead atoms. The van der Waals surface area contributed by atoms with Gasteiger partial charge in [-0.15, -0.1) is 0 Å². The summed E-state index contributed by atoms with van der Waals surface area (Å²) in [4.78, 5) is 12.0. The number of ether oxygens (including phenoxy) is 1. The highest BCUT2D eigenvalue weighted by molar-refractivity contribution is 5.97. The molecule has 0 aliphatic heterocycles. The Labute approximate surface area is 103 Å². The SMILES string of the molecule is CCc1cccc(C)c1NC(=O)C(C)(C)OC. The summed E-state index contributed by atoms with van der Waals surface area (Å²) in [6.07, 6.45) is 0.894. The zero-order valence-electron chi connectivity index (χ0n) is 11.3. The maximum absolute atomic E-state index is 12.0. The number of methoxy groups -OCH3 is 1. The van der Waals surface area contributed by atoms with Gasteiger partial charge in [0.25, 0.3) is 5.91 Å². The van der Waals surface area contributed by atoms with E-state index in [4.69, 9.17) is 4.74 Å². The zero-order valence-corrected chi connectivity index (χ0v) is 11.3. The quantitative estimate of drug-likeness (QED) is 0.871. The molecule has 0 fully saturated rings. The average molecular weight is 235 g/mol. The Bertz CT molecular complexity index is 411. The molecule has 0 saturated heterocycles. The van der Waals surface area contributed by atoms with Crippen LogP contribution in [0.2, 0.25) is 0 Å². The Morgan fingerprint density at radius 2 is 2.06 bits per heavy atom. The molecule has 1 aromatic rings. The molecule has 0 heterocycles. The van der Waals surface area contributed by atoms with Crippen LogP contribution >= 0.6 is 0 Å². The Balaban J connectivity index is 2.99. The van der Waals surface area contributed by atoms with E-state index in [0.29, 0.717) is 0 Å². The molecule has 1 amide bonds. The van der Waals surface area contributed by atoms with E-state index in [1.54, 1.807) is 13.8 Å². The van der Waals surface area contributed by atoms with Crippen molar-refractivity contribution in [3.63, 3.8) is 0 Å². The number of anilines is 1. The van der Waals surface area contributed by atoms with Crippen molar-refractivity contribution in [3.05, 3.63) is 29.3 Å². The maximum Gasteiger partial charge on any atom is 0.256 e. The number of amides is 1. The molecule has 1 rings (SSSR count). The molecule has 0 aliphatic rings. The number of hydrogen-bond donors (Lipinski definition) is 1. The van der Waals surface area contributed by atoms with Crippen molar-refractivity contribution >= 4 is 11.6 Å². The lowest BCUT2D eigenvalue weighted by atomic mass is 10.0. The fourth-order valence-electron chi connectivity index (χ4n) is 1.56. The number of rotatable bonds is 4. The molecule has 0 radical (unpaired) electrons. The van der Waals surface area contributed by atoms with Crippen LogP contribution in [0.4, 0.5) is 5.69 Å². The summed E-state index contributed by atoms with van der Waals surface area (Å²) in [5.74, 6) is -0.121. The maximum atomic E-state index is 12.0. The molecule has 17 heavy (non-hydrogen) atoms. The fraction of sp³-hybridized carbons (Fsp3) is 0.500. The van der Waals surface area contributed by atoms with Gasteiger partial charge in [0.15, 0.2) is 0 Å². The summed E-state index contributed by atoms with van der Waals surface area (Å²) < 4.78 is 5.17. The first kappa shape index (κ1) is 13.7. The molecule has 3 heteroatoms. The van der Waals surface area contributed by atoms with Crippen molar-refractivity contribution < 1.29 is 9.53 Å². The minimum absolute atomic E-state index is 0.121. The molecule has 0 atom stereocenters. The van der Waals surface area contributed by atoms with Gasteiger partial charge < -0.3 is 10.1 Å². The standard InChI is InChI=1S/C14H21NO2/c1-6-11-9-7-8-10(2)12(11)15-13(16)14(3,4)17-5/h7-9H,6H2,1-5H3,(H,15,16). The molecular formula is C14H21NO2. The van der Waals surface area contributed by atoms with Crippen molar-refractivity contribution in [2.45, 2.75) is 39.7 Å². The molecule has 94 valence electrons. The van der Waals surface area contributed by atoms with Crippen molar-refractivity contribution in [3.8, 4) is 0 Å². The van der Waals surface area contributed by atoms with Crippen molar-refractivity contribution in [1.82, 2.24) is 0 Å². The van der Waals surface area contributed by atoms with Crippen LogP contribution in [-0.4, -0.2) is 18.6 Å². The Kier molecular flexibility index (Phi) is 4.29. The lowest BCUT2D eigenvalue weighted by Crippen LogP contribution is -2.39. The summed E-state index contributed by atoms with van der Waals surface area (Å²) in [6, 6.07) is 6.03. The molecular weight excluding hydrogens is 214 g/mol. The van der Waals surface area contributed by atoms with Crippen molar-refractivity contribution in [2.75, 3.05) is 12.4 Å². The van der Waals surface area contributed by atoms with Gasteiger partial charge in [-0.3, -0.25) is 4.79 Å². The lowest BCUT2D eigenvalue weighted by molar-refractivity contribution is -0.133. The Morgan fingerprint density at radius 3 is 2.59 bits per heavy atom. The third-order valence-electron chi connectivity index (χ3n) is 3.04. The van der Waals surface area contributed by atoms with E-state index < -0.39 is 5.60 Å². The Morgan fingerprint density at radius 1 is 1.41 bits per heavy atom. The van der Waals surface area contributed by atoms with Crippen LogP contribution in [0.1, 0.15) is 31.9 Å². The molecule has 0 aliphatic carbocycles. The van der Waals surface area contributed by atoms with E-state index in [1.165, 1.54) is 7.11 Å². The first-order valence-corrected chi connectivity index (χ1v) is 5.87. The summed E-state index contributed by atoms with van der Waals surface area (Å²) >= 11 is 0. The number of hydrogen-bond acceptors (Lipinski definition) is 2. The second-order valence-corrected chi connectivity index (χ2v) is 4.63. The number of aryl methyl sites for hydroxylation is 2. The first-order chi connectivity index (χ1) is 7.92. The third kappa shape index (κ3) is 3.07. The number of para-hydroxylation sites is 1. The summed E-state index contributed by atoms with van der Waals surface area (Å²) in [6.45, 7) is 7.58. The molecule has 0 unspecified atom stereocenters. The van der Waals surface area contributed by atoms with E-state index in [-0.39, 0.29) is 5.91 Å². The van der Waals surface area contributed by atoms with Crippen molar-refractivity contribution in [1.29, 1.82) is 0 Å². The van der Waals surface area contributed by atoms with Crippen molar-refractivity contribution in [2.24, 2.45) is 0 Å². The summed E-state index contributed by atoms with van der Waals surface area (Å²) in [7, 11) is 1.54. The minimum atomic E-state index is -0.812. The van der Waals surface area contributed by atoms with Gasteiger partial charge in [-0.05, 0) is 38.3 Å². The van der Waals surface area contributed by atoms with Crippen LogP contribution in [0.25, 0.3) is 0 Å². The van der Waals surface area contributed by atoms with Gasteiger partial charge in [0, 0.05) is 12.8 Å². The van der Waals surface area contributed by atoms with Crippen LogP contribution < -0.4 is 5.32 Å². The summed E-state index contributed by atoms with van der Waals surface area (Å²) in [5, 5.41) is 2.96. The average Bonchev–Trinajstić information content (AvgIpc) is 2.31. The van der Waals surface area contributed by atoms with Crippen LogP contribution in [0.3, 0.4) is 0 Å². The van der Waals surface area contributed by atoms with Gasteiger partial charge in [0.05, 0.1) is 0 Å². The van der Waals surface area contributed by atoms with Crippen LogP contribution in [0.5, 0.6) is 0 Å². The van der Waals surface area contributed by atoms with E-state index in [9.17, 15) is 4.79 Å². The number of carbonyl (C=O) groups is 1. The van der Waals surface area contributed by atoms with Gasteiger partial charge in [0.1, 0.15) is 5.60 Å². The van der Waals surface area contributed by atoms with Gasteiger partial charge in [-0.25, -0.2) is 0 Å². The third-order valence-corrected chi connectivity index (χ3v) is 3.04. The molecule has 0 saturated carbocycles. The predicted molar refractivity (Wildman–Crippen MR) is 70.3 cm³/mol. The highest BCUT2D eigenvalue weighted by Gasteiger charge is 2.27. The Hall–Kier alpha value is -1.35. The fourth-order valence-corrected chi connectivity index (χ4v) is 1.56. The molecule has 3 nitrogen and oxygen atoms in total. The smallest absolute Gasteiger partial charge is 0.256 e. The molecule has 1 N–H and O–H groups in total. The summed E-state index contributed by atoms with van der Waals surface area (Å²) in [5.41, 5.74) is 2.31. The van der Waals surface area contributed by atoms with E-state index >= 15 is 0 Å². The second-order valence-electron chi connectivity index (χ2n) is 4.63. The molecule has 0 aromatic heterocycles. The second kappa shape index (κ2) is 5.32. The van der Waals surface area contributed by atoms with E-state index in [1.807, 2.05) is 25.1 Å². The molecule has 1 aromatic carbocycles. The zero-order chi connectivity index (χ0) is 13.1. The largest absolute Gasteiger partial charge is 0.369 e. The van der Waals surface area contributed by atoms with E-state index in [2.05, 4.69) is 12.2 Å². The number of carbonyl (C=O) groups excluding carboxylic acids is 1.